The van der Waals surface area contributed by atoms with Gasteiger partial charge >= 0.3 is 0 Å². The van der Waals surface area contributed by atoms with E-state index in [-0.39, 0.29) is 47.5 Å². The summed E-state index contributed by atoms with van der Waals surface area (Å²) < 4.78 is 50.2. The fourth-order valence-corrected chi connectivity index (χ4v) is 6.48. The number of carbonyl (C=O) groups excluding carboxylic acids is 2. The van der Waals surface area contributed by atoms with Crippen molar-refractivity contribution in [2.75, 3.05) is 17.5 Å². The summed E-state index contributed by atoms with van der Waals surface area (Å²) in [6.45, 7) is 4.61. The van der Waals surface area contributed by atoms with E-state index in [2.05, 4.69) is 5.32 Å². The number of anilines is 1. The van der Waals surface area contributed by atoms with Crippen LogP contribution < -0.4 is 14.4 Å². The van der Waals surface area contributed by atoms with Gasteiger partial charge in [0.2, 0.25) is 11.8 Å². The zero-order valence-electron chi connectivity index (χ0n) is 25.9. The van der Waals surface area contributed by atoms with Gasteiger partial charge in [-0.2, -0.15) is 0 Å². The second kappa shape index (κ2) is 15.7. The fourth-order valence-electron chi connectivity index (χ4n) is 4.93. The molecule has 8 nitrogen and oxygen atoms in total. The number of carbonyl (C=O) groups is 2. The lowest BCUT2D eigenvalue weighted by Gasteiger charge is -2.34. The second-order valence-electron chi connectivity index (χ2n) is 10.8. The van der Waals surface area contributed by atoms with Crippen LogP contribution in [0.4, 0.5) is 10.1 Å². The Morgan fingerprint density at radius 2 is 1.52 bits per heavy atom. The van der Waals surface area contributed by atoms with Crippen molar-refractivity contribution in [1.29, 1.82) is 0 Å². The molecule has 46 heavy (non-hydrogen) atoms. The predicted octanol–water partition coefficient (Wildman–Crippen LogP) is 6.24. The van der Waals surface area contributed by atoms with Gasteiger partial charge in [0.05, 0.1) is 17.2 Å². The van der Waals surface area contributed by atoms with Crippen LogP contribution in [0.25, 0.3) is 0 Å². The first-order valence-electron chi connectivity index (χ1n) is 14.9. The van der Waals surface area contributed by atoms with Crippen LogP contribution in [0.2, 0.25) is 5.02 Å². The van der Waals surface area contributed by atoms with Gasteiger partial charge < -0.3 is 15.0 Å². The number of halogens is 2. The number of ether oxygens (including phenoxy) is 1. The van der Waals surface area contributed by atoms with Crippen LogP contribution in [0.5, 0.6) is 5.75 Å². The third-order valence-electron chi connectivity index (χ3n) is 7.11. The van der Waals surface area contributed by atoms with Gasteiger partial charge in [0.15, 0.2) is 0 Å². The van der Waals surface area contributed by atoms with E-state index in [0.717, 1.165) is 9.87 Å². The van der Waals surface area contributed by atoms with Gasteiger partial charge in [-0.3, -0.25) is 13.9 Å². The van der Waals surface area contributed by atoms with Crippen LogP contribution in [0.15, 0.2) is 108 Å². The van der Waals surface area contributed by atoms with Gasteiger partial charge in [-0.25, -0.2) is 12.8 Å². The minimum absolute atomic E-state index is 0.102. The molecule has 11 heteroatoms. The molecule has 242 valence electrons. The van der Waals surface area contributed by atoms with Crippen LogP contribution in [-0.2, 0) is 32.6 Å². The van der Waals surface area contributed by atoms with Crippen molar-refractivity contribution >= 4 is 39.1 Å². The normalized spacial score (nSPS) is 12.0. The molecule has 4 aromatic rings. The third kappa shape index (κ3) is 8.64. The predicted molar refractivity (Wildman–Crippen MR) is 178 cm³/mol. The van der Waals surface area contributed by atoms with Crippen molar-refractivity contribution in [3.8, 4) is 5.75 Å². The van der Waals surface area contributed by atoms with Gasteiger partial charge in [-0.05, 0) is 68.8 Å². The topological polar surface area (TPSA) is 96.0 Å². The maximum atomic E-state index is 15.1. The van der Waals surface area contributed by atoms with E-state index in [1.807, 2.05) is 30.3 Å². The zero-order chi connectivity index (χ0) is 33.3. The summed E-state index contributed by atoms with van der Waals surface area (Å²) in [4.78, 5) is 29.4. The molecule has 0 saturated heterocycles. The summed E-state index contributed by atoms with van der Waals surface area (Å²) in [5.74, 6) is -1.48. The van der Waals surface area contributed by atoms with Crippen molar-refractivity contribution in [1.82, 2.24) is 10.2 Å². The summed E-state index contributed by atoms with van der Waals surface area (Å²) in [7, 11) is -4.37. The molecule has 4 aromatic carbocycles. The molecule has 0 saturated carbocycles. The van der Waals surface area contributed by atoms with Gasteiger partial charge in [-0.1, -0.05) is 72.3 Å². The van der Waals surface area contributed by atoms with E-state index < -0.39 is 40.2 Å². The van der Waals surface area contributed by atoms with Crippen molar-refractivity contribution in [3.63, 3.8) is 0 Å². The molecular weight excluding hydrogens is 629 g/mol. The molecule has 0 heterocycles. The molecule has 0 aliphatic rings. The lowest BCUT2D eigenvalue weighted by molar-refractivity contribution is -0.140. The highest BCUT2D eigenvalue weighted by atomic mass is 35.5. The van der Waals surface area contributed by atoms with Gasteiger partial charge in [0.1, 0.15) is 24.2 Å². The van der Waals surface area contributed by atoms with Crippen molar-refractivity contribution in [2.24, 2.45) is 0 Å². The summed E-state index contributed by atoms with van der Waals surface area (Å²) in [6.07, 6.45) is 0.110. The number of hydrogen-bond acceptors (Lipinski definition) is 5. The Balaban J connectivity index is 1.85. The number of hydrogen-bond donors (Lipinski definition) is 1. The SMILES string of the molecule is CCOc1ccccc1N(CC(=O)N(Cc1ccccc1F)C(Cc1ccccc1)C(=O)NC(C)C)S(=O)(=O)c1ccc(Cl)cc1. The molecule has 1 unspecified atom stereocenters. The molecule has 2 amide bonds. The van der Waals surface area contributed by atoms with Crippen LogP contribution in [0, 0.1) is 5.82 Å². The quantitative estimate of drug-likeness (QED) is 0.172. The van der Waals surface area contributed by atoms with Crippen LogP contribution in [-0.4, -0.2) is 50.4 Å². The third-order valence-corrected chi connectivity index (χ3v) is 9.14. The van der Waals surface area contributed by atoms with Gasteiger partial charge in [0, 0.05) is 29.6 Å². The lowest BCUT2D eigenvalue weighted by atomic mass is 10.0. The molecular formula is C35H37ClFN3O5S. The first-order chi connectivity index (χ1) is 22.0. The zero-order valence-corrected chi connectivity index (χ0v) is 27.5. The summed E-state index contributed by atoms with van der Waals surface area (Å²) in [6, 6.07) is 25.8. The summed E-state index contributed by atoms with van der Waals surface area (Å²) >= 11 is 6.05. The Labute approximate surface area is 274 Å². The van der Waals surface area contributed by atoms with Crippen LogP contribution in [0.1, 0.15) is 31.9 Å². The lowest BCUT2D eigenvalue weighted by Crippen LogP contribution is -2.54. The molecule has 0 aromatic heterocycles. The maximum absolute atomic E-state index is 15.1. The Morgan fingerprint density at radius 1 is 0.891 bits per heavy atom. The highest BCUT2D eigenvalue weighted by Crippen LogP contribution is 2.33. The molecule has 0 radical (unpaired) electrons. The van der Waals surface area contributed by atoms with Crippen LogP contribution in [0.3, 0.4) is 0 Å². The Kier molecular flexibility index (Phi) is 11.8. The monoisotopic (exact) mass is 665 g/mol. The number of rotatable bonds is 14. The molecule has 0 aliphatic carbocycles. The highest BCUT2D eigenvalue weighted by molar-refractivity contribution is 7.92. The average Bonchev–Trinajstić information content (AvgIpc) is 3.03. The van der Waals surface area contributed by atoms with Gasteiger partial charge in [-0.15, -0.1) is 0 Å². The largest absolute Gasteiger partial charge is 0.492 e. The molecule has 0 fully saturated rings. The molecule has 4 rings (SSSR count). The summed E-state index contributed by atoms with van der Waals surface area (Å²) in [5.41, 5.74) is 1.07. The van der Waals surface area contributed by atoms with E-state index in [1.54, 1.807) is 51.1 Å². The fraction of sp³-hybridized carbons (Fsp3) is 0.257. The first-order valence-corrected chi connectivity index (χ1v) is 16.7. The maximum Gasteiger partial charge on any atom is 0.264 e. The molecule has 0 bridgehead atoms. The minimum atomic E-state index is -4.37. The van der Waals surface area contributed by atoms with E-state index in [4.69, 9.17) is 16.3 Å². The molecule has 0 aliphatic heterocycles. The van der Waals surface area contributed by atoms with E-state index in [9.17, 15) is 18.0 Å². The Hall–Kier alpha value is -4.41. The van der Waals surface area contributed by atoms with Crippen molar-refractivity contribution in [2.45, 2.75) is 50.7 Å². The minimum Gasteiger partial charge on any atom is -0.492 e. The number of amides is 2. The molecule has 1 N–H and O–H groups in total. The second-order valence-corrected chi connectivity index (χ2v) is 13.1. The number of nitrogens with one attached hydrogen (secondary N) is 1. The van der Waals surface area contributed by atoms with Crippen molar-refractivity contribution < 1.29 is 27.1 Å². The van der Waals surface area contributed by atoms with Crippen molar-refractivity contribution in [3.05, 3.63) is 125 Å². The Bertz CT molecular complexity index is 1740. The van der Waals surface area contributed by atoms with E-state index >= 15 is 4.39 Å². The van der Waals surface area contributed by atoms with E-state index in [0.29, 0.717) is 5.02 Å². The van der Waals surface area contributed by atoms with E-state index in [1.165, 1.54) is 47.4 Å². The first kappa shape index (κ1) is 34.5. The smallest absolute Gasteiger partial charge is 0.264 e. The Morgan fingerprint density at radius 3 is 2.17 bits per heavy atom. The summed E-state index contributed by atoms with van der Waals surface area (Å²) in [5, 5.41) is 3.22. The standard InChI is InChI=1S/C35H37ClFN3O5S/c1-4-45-33-17-11-10-16-31(33)40(46(43,44)29-20-18-28(36)19-21-29)24-34(41)39(23-27-14-8-9-15-30(27)37)32(35(42)38-25(2)3)22-26-12-6-5-7-13-26/h5-21,25,32H,4,22-24H2,1-3H3,(H,38,42). The van der Waals surface area contributed by atoms with Crippen LogP contribution >= 0.6 is 11.6 Å². The molecule has 1 atom stereocenters. The average molecular weight is 666 g/mol. The molecule has 0 spiro atoms. The number of nitrogens with zero attached hydrogens (tertiary/aromatic N) is 2. The number of benzene rings is 4. The van der Waals surface area contributed by atoms with Gasteiger partial charge in [0.25, 0.3) is 10.0 Å². The number of sulfonamides is 1. The number of para-hydroxylation sites is 2. The highest BCUT2D eigenvalue weighted by Gasteiger charge is 2.36.